The van der Waals surface area contributed by atoms with Crippen LogP contribution in [0, 0.1) is 13.8 Å². The second-order valence-corrected chi connectivity index (χ2v) is 4.99. The van der Waals surface area contributed by atoms with E-state index in [1.54, 1.807) is 18.4 Å². The first-order valence-corrected chi connectivity index (χ1v) is 6.28. The summed E-state index contributed by atoms with van der Waals surface area (Å²) in [4.78, 5) is 17.2. The van der Waals surface area contributed by atoms with Gasteiger partial charge in [-0.25, -0.2) is 4.98 Å². The Labute approximate surface area is 100 Å². The number of nitrogens with zero attached hydrogens (tertiary/aromatic N) is 1. The van der Waals surface area contributed by atoms with Gasteiger partial charge in [-0.1, -0.05) is 6.92 Å². The van der Waals surface area contributed by atoms with E-state index in [0.29, 0.717) is 6.54 Å². The Morgan fingerprint density at radius 3 is 2.62 bits per heavy atom. The van der Waals surface area contributed by atoms with Gasteiger partial charge in [0.15, 0.2) is 0 Å². The molecule has 90 valence electrons. The Morgan fingerprint density at radius 2 is 2.19 bits per heavy atom. The molecular formula is C11H19N3OS. The van der Waals surface area contributed by atoms with Crippen molar-refractivity contribution in [3.8, 4) is 0 Å². The van der Waals surface area contributed by atoms with Crippen molar-refractivity contribution in [3.05, 3.63) is 15.6 Å². The SMILES string of the molecule is CCC(NC(=O)CNC)c1nc(C)c(C)s1. The predicted octanol–water partition coefficient (Wildman–Crippen LogP) is 1.55. The predicted molar refractivity (Wildman–Crippen MR) is 66.7 cm³/mol. The maximum atomic E-state index is 11.5. The lowest BCUT2D eigenvalue weighted by Crippen LogP contribution is -2.34. The number of carbonyl (C=O) groups is 1. The minimum absolute atomic E-state index is 0.0138. The van der Waals surface area contributed by atoms with Gasteiger partial charge < -0.3 is 10.6 Å². The number of aryl methyl sites for hydroxylation is 2. The van der Waals surface area contributed by atoms with Crippen molar-refractivity contribution in [2.45, 2.75) is 33.2 Å². The molecule has 5 heteroatoms. The van der Waals surface area contributed by atoms with Crippen LogP contribution in [0.3, 0.4) is 0 Å². The molecule has 2 N–H and O–H groups in total. The van der Waals surface area contributed by atoms with Gasteiger partial charge in [0.25, 0.3) is 0 Å². The van der Waals surface area contributed by atoms with Gasteiger partial charge >= 0.3 is 0 Å². The first-order chi connectivity index (χ1) is 7.58. The third-order valence-electron chi connectivity index (χ3n) is 2.42. The van der Waals surface area contributed by atoms with Gasteiger partial charge in [0.1, 0.15) is 5.01 Å². The quantitative estimate of drug-likeness (QED) is 0.822. The molecule has 0 spiro atoms. The molecular weight excluding hydrogens is 222 g/mol. The molecule has 0 saturated carbocycles. The summed E-state index contributed by atoms with van der Waals surface area (Å²) in [6, 6.07) is 0.0400. The number of rotatable bonds is 5. The molecule has 0 bridgehead atoms. The van der Waals surface area contributed by atoms with E-state index in [4.69, 9.17) is 0 Å². The molecule has 0 aromatic carbocycles. The zero-order valence-electron chi connectivity index (χ0n) is 10.3. The van der Waals surface area contributed by atoms with Crippen LogP contribution >= 0.6 is 11.3 Å². The molecule has 1 aromatic rings. The maximum absolute atomic E-state index is 11.5. The van der Waals surface area contributed by atoms with Crippen molar-refractivity contribution in [1.82, 2.24) is 15.6 Å². The van der Waals surface area contributed by atoms with Crippen LogP contribution in [0.15, 0.2) is 0 Å². The van der Waals surface area contributed by atoms with Gasteiger partial charge in [0.2, 0.25) is 5.91 Å². The van der Waals surface area contributed by atoms with Crippen LogP contribution in [0.2, 0.25) is 0 Å². The van der Waals surface area contributed by atoms with E-state index in [0.717, 1.165) is 17.1 Å². The zero-order valence-corrected chi connectivity index (χ0v) is 11.1. The summed E-state index contributed by atoms with van der Waals surface area (Å²) in [6.45, 7) is 6.45. The van der Waals surface area contributed by atoms with Crippen LogP contribution < -0.4 is 10.6 Å². The number of hydrogen-bond donors (Lipinski definition) is 2. The summed E-state index contributed by atoms with van der Waals surface area (Å²) < 4.78 is 0. The van der Waals surface area contributed by atoms with Gasteiger partial charge in [-0.15, -0.1) is 11.3 Å². The van der Waals surface area contributed by atoms with Crippen LogP contribution in [0.25, 0.3) is 0 Å². The summed E-state index contributed by atoms with van der Waals surface area (Å²) >= 11 is 1.66. The largest absolute Gasteiger partial charge is 0.346 e. The summed E-state index contributed by atoms with van der Waals surface area (Å²) in [5, 5.41) is 6.81. The fraction of sp³-hybridized carbons (Fsp3) is 0.636. The second kappa shape index (κ2) is 5.96. The first kappa shape index (κ1) is 13.1. The highest BCUT2D eigenvalue weighted by atomic mass is 32.1. The molecule has 1 unspecified atom stereocenters. The van der Waals surface area contributed by atoms with Gasteiger partial charge in [-0.3, -0.25) is 4.79 Å². The maximum Gasteiger partial charge on any atom is 0.234 e. The lowest BCUT2D eigenvalue weighted by Gasteiger charge is -2.14. The monoisotopic (exact) mass is 241 g/mol. The molecule has 1 amide bonds. The van der Waals surface area contributed by atoms with Gasteiger partial charge in [0.05, 0.1) is 18.3 Å². The Balaban J connectivity index is 2.70. The molecule has 1 atom stereocenters. The minimum Gasteiger partial charge on any atom is -0.346 e. The fourth-order valence-corrected chi connectivity index (χ4v) is 2.45. The lowest BCUT2D eigenvalue weighted by molar-refractivity contribution is -0.120. The van der Waals surface area contributed by atoms with E-state index in [2.05, 4.69) is 29.5 Å². The number of amides is 1. The molecule has 0 radical (unpaired) electrons. The molecule has 0 fully saturated rings. The van der Waals surface area contributed by atoms with Crippen LogP contribution in [0.1, 0.15) is 35.0 Å². The number of aromatic nitrogens is 1. The van der Waals surface area contributed by atoms with Crippen molar-refractivity contribution >= 4 is 17.2 Å². The minimum atomic E-state index is 0.0138. The molecule has 0 aliphatic rings. The average molecular weight is 241 g/mol. The van der Waals surface area contributed by atoms with E-state index in [1.807, 2.05) is 6.92 Å². The van der Waals surface area contributed by atoms with Gasteiger partial charge in [0, 0.05) is 4.88 Å². The fourth-order valence-electron chi connectivity index (χ4n) is 1.39. The van der Waals surface area contributed by atoms with E-state index in [9.17, 15) is 4.79 Å². The van der Waals surface area contributed by atoms with E-state index >= 15 is 0 Å². The summed E-state index contributed by atoms with van der Waals surface area (Å²) in [5.41, 5.74) is 1.06. The molecule has 1 aromatic heterocycles. The second-order valence-electron chi connectivity index (χ2n) is 3.75. The number of likely N-dealkylation sites (N-methyl/N-ethyl adjacent to an activating group) is 1. The Hall–Kier alpha value is -0.940. The highest BCUT2D eigenvalue weighted by molar-refractivity contribution is 7.11. The van der Waals surface area contributed by atoms with Crippen LogP contribution in [0.5, 0.6) is 0 Å². The zero-order chi connectivity index (χ0) is 12.1. The van der Waals surface area contributed by atoms with Crippen molar-refractivity contribution in [1.29, 1.82) is 0 Å². The number of thiazole rings is 1. The summed E-state index contributed by atoms with van der Waals surface area (Å²) in [6.07, 6.45) is 0.863. The van der Waals surface area contributed by atoms with Gasteiger partial charge in [-0.05, 0) is 27.3 Å². The molecule has 16 heavy (non-hydrogen) atoms. The molecule has 4 nitrogen and oxygen atoms in total. The van der Waals surface area contributed by atoms with Crippen LogP contribution in [-0.2, 0) is 4.79 Å². The third-order valence-corrected chi connectivity index (χ3v) is 3.61. The average Bonchev–Trinajstić information content (AvgIpc) is 2.56. The van der Waals surface area contributed by atoms with Crippen molar-refractivity contribution in [3.63, 3.8) is 0 Å². The van der Waals surface area contributed by atoms with Crippen molar-refractivity contribution in [2.24, 2.45) is 0 Å². The summed E-state index contributed by atoms with van der Waals surface area (Å²) in [5.74, 6) is 0.0138. The topological polar surface area (TPSA) is 54.0 Å². The molecule has 1 rings (SSSR count). The summed E-state index contributed by atoms with van der Waals surface area (Å²) in [7, 11) is 1.76. The Kier molecular flexibility index (Phi) is 4.89. The lowest BCUT2D eigenvalue weighted by atomic mass is 10.2. The molecule has 0 aliphatic carbocycles. The standard InChI is InChI=1S/C11H19N3OS/c1-5-9(14-10(15)6-12-4)11-13-7(2)8(3)16-11/h9,12H,5-6H2,1-4H3,(H,14,15). The highest BCUT2D eigenvalue weighted by Crippen LogP contribution is 2.24. The number of hydrogen-bond acceptors (Lipinski definition) is 4. The Bertz CT molecular complexity index is 343. The molecule has 1 heterocycles. The number of nitrogens with one attached hydrogen (secondary N) is 2. The van der Waals surface area contributed by atoms with Crippen LogP contribution in [-0.4, -0.2) is 24.5 Å². The van der Waals surface area contributed by atoms with Crippen molar-refractivity contribution < 1.29 is 4.79 Å². The van der Waals surface area contributed by atoms with E-state index < -0.39 is 0 Å². The molecule has 0 saturated heterocycles. The first-order valence-electron chi connectivity index (χ1n) is 5.46. The van der Waals surface area contributed by atoms with Crippen LogP contribution in [0.4, 0.5) is 0 Å². The highest BCUT2D eigenvalue weighted by Gasteiger charge is 2.16. The van der Waals surface area contributed by atoms with Gasteiger partial charge in [-0.2, -0.15) is 0 Å². The smallest absolute Gasteiger partial charge is 0.234 e. The number of carbonyl (C=O) groups excluding carboxylic acids is 1. The van der Waals surface area contributed by atoms with Crippen molar-refractivity contribution in [2.75, 3.05) is 13.6 Å². The Morgan fingerprint density at radius 1 is 1.50 bits per heavy atom. The third kappa shape index (κ3) is 3.28. The van der Waals surface area contributed by atoms with E-state index in [-0.39, 0.29) is 11.9 Å². The molecule has 0 aliphatic heterocycles. The normalized spacial score (nSPS) is 12.5. The van der Waals surface area contributed by atoms with E-state index in [1.165, 1.54) is 4.88 Å².